The highest BCUT2D eigenvalue weighted by Gasteiger charge is 2.37. The van der Waals surface area contributed by atoms with Crippen molar-refractivity contribution in [3.05, 3.63) is 94.8 Å². The first-order valence-electron chi connectivity index (χ1n) is 13.3. The lowest BCUT2D eigenvalue weighted by Gasteiger charge is -2.26. The van der Waals surface area contributed by atoms with Gasteiger partial charge in [0.05, 0.1) is 0 Å². The van der Waals surface area contributed by atoms with Crippen molar-refractivity contribution in [3.63, 3.8) is 0 Å². The standard InChI is InChI=1S/C32H34FNO4/c1-21(31(36)34-27(11-14-29(34)35)16-22-7-5-4-6-8-22)15-23-9-12-28(13-10-23)37-20-25-18-26(33)17-24-19-32(2,3)38-30(24)25/h4-10,12-13,17-18,21,27H,11,14-16,19-20H2,1-3H3/t21-,27+/m1/s1. The van der Waals surface area contributed by atoms with E-state index in [4.69, 9.17) is 9.47 Å². The maximum absolute atomic E-state index is 14.1. The number of ether oxygens (including phenoxy) is 2. The first kappa shape index (κ1) is 26.0. The van der Waals surface area contributed by atoms with E-state index in [0.717, 1.165) is 16.7 Å². The minimum Gasteiger partial charge on any atom is -0.489 e. The molecule has 5 nitrogen and oxygen atoms in total. The maximum Gasteiger partial charge on any atom is 0.232 e. The van der Waals surface area contributed by atoms with E-state index in [1.54, 1.807) is 0 Å². The van der Waals surface area contributed by atoms with Crippen molar-refractivity contribution in [2.45, 2.75) is 71.1 Å². The molecule has 0 aromatic heterocycles. The lowest BCUT2D eigenvalue weighted by Crippen LogP contribution is -2.43. The predicted molar refractivity (Wildman–Crippen MR) is 143 cm³/mol. The number of likely N-dealkylation sites (tertiary alicyclic amines) is 1. The van der Waals surface area contributed by atoms with Crippen LogP contribution in [0.5, 0.6) is 11.5 Å². The largest absolute Gasteiger partial charge is 0.489 e. The molecule has 2 heterocycles. The van der Waals surface area contributed by atoms with Crippen molar-refractivity contribution in [1.82, 2.24) is 4.90 Å². The van der Waals surface area contributed by atoms with Crippen LogP contribution in [0.25, 0.3) is 0 Å². The first-order valence-corrected chi connectivity index (χ1v) is 13.3. The predicted octanol–water partition coefficient (Wildman–Crippen LogP) is 6.06. The summed E-state index contributed by atoms with van der Waals surface area (Å²) in [6.07, 6.45) is 3.00. The highest BCUT2D eigenvalue weighted by Crippen LogP contribution is 2.38. The van der Waals surface area contributed by atoms with E-state index in [9.17, 15) is 14.0 Å². The summed E-state index contributed by atoms with van der Waals surface area (Å²) in [5, 5.41) is 0. The summed E-state index contributed by atoms with van der Waals surface area (Å²) in [5.74, 6) is 0.556. The molecule has 0 radical (unpaired) electrons. The third-order valence-electron chi connectivity index (χ3n) is 7.36. The fourth-order valence-electron chi connectivity index (χ4n) is 5.54. The van der Waals surface area contributed by atoms with Gasteiger partial charge in [0.1, 0.15) is 29.5 Å². The summed E-state index contributed by atoms with van der Waals surface area (Å²) in [7, 11) is 0. The molecule has 5 rings (SSSR count). The highest BCUT2D eigenvalue weighted by molar-refractivity contribution is 5.98. The number of imide groups is 1. The van der Waals surface area contributed by atoms with E-state index in [1.165, 1.54) is 17.0 Å². The number of amides is 2. The zero-order valence-electron chi connectivity index (χ0n) is 22.2. The van der Waals surface area contributed by atoms with Crippen molar-refractivity contribution in [2.75, 3.05) is 0 Å². The summed E-state index contributed by atoms with van der Waals surface area (Å²) >= 11 is 0. The van der Waals surface area contributed by atoms with E-state index in [0.29, 0.717) is 49.2 Å². The second kappa shape index (κ2) is 10.6. The fraction of sp³-hybridized carbons (Fsp3) is 0.375. The summed E-state index contributed by atoms with van der Waals surface area (Å²) in [5.41, 5.74) is 3.31. The Morgan fingerprint density at radius 1 is 1.11 bits per heavy atom. The second-order valence-corrected chi connectivity index (χ2v) is 11.1. The number of hydrogen-bond donors (Lipinski definition) is 0. The van der Waals surface area contributed by atoms with Gasteiger partial charge in [0.25, 0.3) is 0 Å². The molecule has 2 aliphatic rings. The summed E-state index contributed by atoms with van der Waals surface area (Å²) in [4.78, 5) is 27.4. The van der Waals surface area contributed by atoms with Crippen LogP contribution in [-0.2, 0) is 35.5 Å². The Hall–Kier alpha value is -3.67. The zero-order chi connectivity index (χ0) is 26.9. The van der Waals surface area contributed by atoms with Gasteiger partial charge >= 0.3 is 0 Å². The molecule has 0 aliphatic carbocycles. The number of benzene rings is 3. The van der Waals surface area contributed by atoms with E-state index >= 15 is 0 Å². The molecule has 1 fully saturated rings. The topological polar surface area (TPSA) is 55.8 Å². The van der Waals surface area contributed by atoms with Crippen molar-refractivity contribution in [2.24, 2.45) is 5.92 Å². The van der Waals surface area contributed by atoms with Crippen molar-refractivity contribution in [1.29, 1.82) is 0 Å². The van der Waals surface area contributed by atoms with E-state index in [2.05, 4.69) is 0 Å². The van der Waals surface area contributed by atoms with Gasteiger partial charge in [0, 0.05) is 35.9 Å². The van der Waals surface area contributed by atoms with Gasteiger partial charge in [0.15, 0.2) is 0 Å². The van der Waals surface area contributed by atoms with Gasteiger partial charge in [-0.3, -0.25) is 14.5 Å². The fourth-order valence-corrected chi connectivity index (χ4v) is 5.54. The molecule has 38 heavy (non-hydrogen) atoms. The first-order chi connectivity index (χ1) is 18.2. The van der Waals surface area contributed by atoms with Crippen LogP contribution < -0.4 is 9.47 Å². The van der Waals surface area contributed by atoms with Crippen LogP contribution in [0.2, 0.25) is 0 Å². The third kappa shape index (κ3) is 5.74. The number of fused-ring (bicyclic) bond motifs is 1. The van der Waals surface area contributed by atoms with E-state index in [1.807, 2.05) is 75.4 Å². The Balaban J connectivity index is 1.19. The lowest BCUT2D eigenvalue weighted by atomic mass is 9.98. The quantitative estimate of drug-likeness (QED) is 0.366. The van der Waals surface area contributed by atoms with Gasteiger partial charge < -0.3 is 9.47 Å². The summed E-state index contributed by atoms with van der Waals surface area (Å²) < 4.78 is 26.1. The molecular formula is C32H34FNO4. The molecule has 0 unspecified atom stereocenters. The van der Waals surface area contributed by atoms with Crippen LogP contribution in [-0.4, -0.2) is 28.4 Å². The smallest absolute Gasteiger partial charge is 0.232 e. The van der Waals surface area contributed by atoms with Gasteiger partial charge in [-0.2, -0.15) is 0 Å². The molecule has 0 N–H and O–H groups in total. The minimum atomic E-state index is -0.359. The molecule has 3 aromatic carbocycles. The molecule has 2 aliphatic heterocycles. The number of nitrogens with zero attached hydrogens (tertiary/aromatic N) is 1. The molecule has 0 spiro atoms. The number of hydrogen-bond acceptors (Lipinski definition) is 4. The van der Waals surface area contributed by atoms with Gasteiger partial charge in [-0.25, -0.2) is 4.39 Å². The Kier molecular flexibility index (Phi) is 7.24. The average Bonchev–Trinajstić information content (AvgIpc) is 3.40. The van der Waals surface area contributed by atoms with Gasteiger partial charge in [-0.05, 0) is 68.5 Å². The molecular weight excluding hydrogens is 481 g/mol. The Bertz CT molecular complexity index is 1320. The Labute approximate surface area is 223 Å². The second-order valence-electron chi connectivity index (χ2n) is 11.1. The van der Waals surface area contributed by atoms with Gasteiger partial charge in [0.2, 0.25) is 11.8 Å². The normalized spacial score (nSPS) is 18.7. The van der Waals surface area contributed by atoms with Crippen LogP contribution in [0.1, 0.15) is 55.9 Å². The van der Waals surface area contributed by atoms with Crippen molar-refractivity contribution < 1.29 is 23.5 Å². The molecule has 1 saturated heterocycles. The van der Waals surface area contributed by atoms with Gasteiger partial charge in [-0.15, -0.1) is 0 Å². The monoisotopic (exact) mass is 515 g/mol. The van der Waals surface area contributed by atoms with E-state index < -0.39 is 0 Å². The van der Waals surface area contributed by atoms with Crippen LogP contribution in [0.3, 0.4) is 0 Å². The van der Waals surface area contributed by atoms with Crippen LogP contribution in [0.15, 0.2) is 66.7 Å². The van der Waals surface area contributed by atoms with Crippen LogP contribution in [0, 0.1) is 11.7 Å². The molecule has 0 bridgehead atoms. The van der Waals surface area contributed by atoms with Crippen LogP contribution >= 0.6 is 0 Å². The number of rotatable bonds is 8. The summed E-state index contributed by atoms with van der Waals surface area (Å²) in [6.45, 7) is 6.06. The van der Waals surface area contributed by atoms with Gasteiger partial charge in [-0.1, -0.05) is 49.4 Å². The summed E-state index contributed by atoms with van der Waals surface area (Å²) in [6, 6.07) is 20.5. The minimum absolute atomic E-state index is 0.0808. The molecule has 0 saturated carbocycles. The zero-order valence-corrected chi connectivity index (χ0v) is 22.2. The molecule has 2 atom stereocenters. The molecule has 2 amide bonds. The van der Waals surface area contributed by atoms with Crippen molar-refractivity contribution >= 4 is 11.8 Å². The van der Waals surface area contributed by atoms with Crippen LogP contribution in [0.4, 0.5) is 4.39 Å². The average molecular weight is 516 g/mol. The van der Waals surface area contributed by atoms with Crippen molar-refractivity contribution in [3.8, 4) is 11.5 Å². The molecule has 6 heteroatoms. The maximum atomic E-state index is 14.1. The highest BCUT2D eigenvalue weighted by atomic mass is 19.1. The molecule has 198 valence electrons. The SMILES string of the molecule is C[C@H](Cc1ccc(OCc2cc(F)cc3c2OC(C)(C)C3)cc1)C(=O)N1C(=O)CC[C@H]1Cc1ccccc1. The Morgan fingerprint density at radius 3 is 2.58 bits per heavy atom. The Morgan fingerprint density at radius 2 is 1.84 bits per heavy atom. The third-order valence-corrected chi connectivity index (χ3v) is 7.36. The lowest BCUT2D eigenvalue weighted by molar-refractivity contribution is -0.146. The number of carbonyl (C=O) groups excluding carboxylic acids is 2. The molecule has 3 aromatic rings. The number of halogens is 1. The van der Waals surface area contributed by atoms with E-state index in [-0.39, 0.29) is 41.8 Å². The number of carbonyl (C=O) groups is 2.